The number of alkyl halides is 3. The maximum absolute atomic E-state index is 12.7. The molecule has 0 amide bonds. The van der Waals surface area contributed by atoms with Crippen LogP contribution in [0.5, 0.6) is 0 Å². The highest BCUT2D eigenvalue weighted by atomic mass is 19.4. The Bertz CT molecular complexity index is 254. The summed E-state index contributed by atoms with van der Waals surface area (Å²) >= 11 is 0. The molecule has 0 spiro atoms. The van der Waals surface area contributed by atoms with Crippen molar-refractivity contribution in [2.45, 2.75) is 26.9 Å². The maximum atomic E-state index is 12.7. The van der Waals surface area contributed by atoms with Crippen LogP contribution >= 0.6 is 0 Å². The van der Waals surface area contributed by atoms with Gasteiger partial charge in [0.05, 0.1) is 13.2 Å². The third-order valence-corrected chi connectivity index (χ3v) is 1.93. The lowest BCUT2D eigenvalue weighted by molar-refractivity contribution is -0.236. The molecule has 0 aliphatic rings. The van der Waals surface area contributed by atoms with E-state index in [4.69, 9.17) is 0 Å². The molecule has 94 valence electrons. The molecule has 0 aromatic carbocycles. The van der Waals surface area contributed by atoms with Gasteiger partial charge in [-0.15, -0.1) is 0 Å². The fourth-order valence-electron chi connectivity index (χ4n) is 0.866. The van der Waals surface area contributed by atoms with Crippen LogP contribution < -0.4 is 0 Å². The highest BCUT2D eigenvalue weighted by Gasteiger charge is 2.64. The zero-order valence-corrected chi connectivity index (χ0v) is 9.18. The first-order valence-electron chi connectivity index (χ1n) is 4.63. The van der Waals surface area contributed by atoms with Gasteiger partial charge in [-0.1, -0.05) is 0 Å². The number of carbonyl (C=O) groups is 2. The number of ether oxygens (including phenoxy) is 2. The van der Waals surface area contributed by atoms with Crippen molar-refractivity contribution in [3.63, 3.8) is 0 Å². The third kappa shape index (κ3) is 2.65. The number of hydrogen-bond acceptors (Lipinski definition) is 4. The van der Waals surface area contributed by atoms with E-state index in [2.05, 4.69) is 9.47 Å². The molecule has 0 aliphatic heterocycles. The normalized spacial score (nSPS) is 12.1. The molecular weight excluding hydrogens is 229 g/mol. The molecule has 0 unspecified atom stereocenters. The van der Waals surface area contributed by atoms with E-state index in [1.54, 1.807) is 0 Å². The predicted octanol–water partition coefficient (Wildman–Crippen LogP) is 1.68. The summed E-state index contributed by atoms with van der Waals surface area (Å²) in [7, 11) is 0. The second kappa shape index (κ2) is 5.18. The molecule has 0 atom stereocenters. The molecule has 0 bridgehead atoms. The largest absolute Gasteiger partial charge is 0.465 e. The van der Waals surface area contributed by atoms with Crippen LogP contribution in [-0.4, -0.2) is 31.3 Å². The van der Waals surface area contributed by atoms with Crippen LogP contribution in [0.3, 0.4) is 0 Å². The lowest BCUT2D eigenvalue weighted by Crippen LogP contribution is -2.50. The van der Waals surface area contributed by atoms with E-state index in [1.165, 1.54) is 13.8 Å². The van der Waals surface area contributed by atoms with Gasteiger partial charge in [0.1, 0.15) is 0 Å². The Hall–Kier alpha value is -1.27. The van der Waals surface area contributed by atoms with E-state index in [9.17, 15) is 22.8 Å². The van der Waals surface area contributed by atoms with Crippen LogP contribution in [0.25, 0.3) is 0 Å². The fourth-order valence-corrected chi connectivity index (χ4v) is 0.866. The molecule has 0 N–H and O–H groups in total. The summed E-state index contributed by atoms with van der Waals surface area (Å²) in [5.41, 5.74) is -3.26. The minimum absolute atomic E-state index is 0.246. The van der Waals surface area contributed by atoms with Crippen molar-refractivity contribution in [3.05, 3.63) is 0 Å². The van der Waals surface area contributed by atoms with Crippen LogP contribution in [0.1, 0.15) is 20.8 Å². The molecule has 0 heterocycles. The first kappa shape index (κ1) is 14.7. The van der Waals surface area contributed by atoms with Gasteiger partial charge in [0.2, 0.25) is 0 Å². The standard InChI is InChI=1S/C9H13F3O4/c1-4-15-6(13)8(3,9(10,11)12)7(14)16-5-2/h4-5H2,1-3H3. The van der Waals surface area contributed by atoms with Crippen LogP contribution in [0.2, 0.25) is 0 Å². The molecule has 0 saturated carbocycles. The Balaban J connectivity index is 5.20. The van der Waals surface area contributed by atoms with Gasteiger partial charge in [-0.25, -0.2) is 0 Å². The van der Waals surface area contributed by atoms with Crippen molar-refractivity contribution in [2.75, 3.05) is 13.2 Å². The Kier molecular flexibility index (Phi) is 4.77. The topological polar surface area (TPSA) is 52.6 Å². The van der Waals surface area contributed by atoms with E-state index in [-0.39, 0.29) is 13.2 Å². The van der Waals surface area contributed by atoms with E-state index < -0.39 is 23.5 Å². The lowest BCUT2D eigenvalue weighted by Gasteiger charge is -2.26. The summed E-state index contributed by atoms with van der Waals surface area (Å²) < 4.78 is 46.4. The van der Waals surface area contributed by atoms with Crippen molar-refractivity contribution in [1.29, 1.82) is 0 Å². The molecule has 0 radical (unpaired) electrons. The molecule has 0 rings (SSSR count). The van der Waals surface area contributed by atoms with Gasteiger partial charge >= 0.3 is 18.1 Å². The van der Waals surface area contributed by atoms with E-state index in [0.717, 1.165) is 0 Å². The highest BCUT2D eigenvalue weighted by molar-refractivity contribution is 6.00. The molecule has 0 aliphatic carbocycles. The average Bonchev–Trinajstić information content (AvgIpc) is 2.15. The smallest absolute Gasteiger partial charge is 0.415 e. The molecule has 16 heavy (non-hydrogen) atoms. The molecule has 4 nitrogen and oxygen atoms in total. The number of halogens is 3. The van der Waals surface area contributed by atoms with Gasteiger partial charge in [-0.2, -0.15) is 13.2 Å². The zero-order valence-electron chi connectivity index (χ0n) is 9.18. The second-order valence-corrected chi connectivity index (χ2v) is 3.06. The van der Waals surface area contributed by atoms with Gasteiger partial charge in [-0.05, 0) is 20.8 Å². The van der Waals surface area contributed by atoms with Gasteiger partial charge in [-0.3, -0.25) is 9.59 Å². The van der Waals surface area contributed by atoms with Gasteiger partial charge in [0, 0.05) is 0 Å². The number of hydrogen-bond donors (Lipinski definition) is 0. The molecular formula is C9H13F3O4. The van der Waals surface area contributed by atoms with Crippen LogP contribution in [0, 0.1) is 5.41 Å². The Morgan fingerprint density at radius 3 is 1.50 bits per heavy atom. The minimum Gasteiger partial charge on any atom is -0.465 e. The second-order valence-electron chi connectivity index (χ2n) is 3.06. The highest BCUT2D eigenvalue weighted by Crippen LogP contribution is 2.40. The zero-order chi connectivity index (χ0) is 13.0. The van der Waals surface area contributed by atoms with Crippen molar-refractivity contribution in [1.82, 2.24) is 0 Å². The fraction of sp³-hybridized carbons (Fsp3) is 0.778. The summed E-state index contributed by atoms with van der Waals surface area (Å²) in [5, 5.41) is 0. The number of esters is 2. The monoisotopic (exact) mass is 242 g/mol. The Morgan fingerprint density at radius 1 is 1.00 bits per heavy atom. The summed E-state index contributed by atoms with van der Waals surface area (Å²) in [6, 6.07) is 0. The van der Waals surface area contributed by atoms with E-state index in [1.807, 2.05) is 0 Å². The lowest BCUT2D eigenvalue weighted by atomic mass is 9.90. The number of rotatable bonds is 4. The van der Waals surface area contributed by atoms with Crippen molar-refractivity contribution in [3.8, 4) is 0 Å². The number of carbonyl (C=O) groups excluding carboxylic acids is 2. The third-order valence-electron chi connectivity index (χ3n) is 1.93. The SMILES string of the molecule is CCOC(=O)C(C)(C(=O)OCC)C(F)(F)F. The molecule has 0 aromatic heterocycles. The van der Waals surface area contributed by atoms with Gasteiger partial charge < -0.3 is 9.47 Å². The molecule has 0 fully saturated rings. The van der Waals surface area contributed by atoms with E-state index >= 15 is 0 Å². The van der Waals surface area contributed by atoms with E-state index in [0.29, 0.717) is 6.92 Å². The first-order chi connectivity index (χ1) is 7.21. The predicted molar refractivity (Wildman–Crippen MR) is 47.4 cm³/mol. The van der Waals surface area contributed by atoms with Crippen LogP contribution in [-0.2, 0) is 19.1 Å². The Morgan fingerprint density at radius 2 is 1.31 bits per heavy atom. The Labute approximate surface area is 90.7 Å². The van der Waals surface area contributed by atoms with Crippen molar-refractivity contribution in [2.24, 2.45) is 5.41 Å². The summed E-state index contributed by atoms with van der Waals surface area (Å²) in [4.78, 5) is 22.4. The summed E-state index contributed by atoms with van der Waals surface area (Å²) in [6.45, 7) is 2.65. The quantitative estimate of drug-likeness (QED) is 0.556. The average molecular weight is 242 g/mol. The first-order valence-corrected chi connectivity index (χ1v) is 4.63. The molecule has 0 aromatic rings. The van der Waals surface area contributed by atoms with Crippen LogP contribution in [0.4, 0.5) is 13.2 Å². The summed E-state index contributed by atoms with van der Waals surface area (Å²) in [5.74, 6) is -3.30. The van der Waals surface area contributed by atoms with Gasteiger partial charge in [0.15, 0.2) is 0 Å². The maximum Gasteiger partial charge on any atom is 0.415 e. The molecule has 0 saturated heterocycles. The van der Waals surface area contributed by atoms with Crippen molar-refractivity contribution >= 4 is 11.9 Å². The molecule has 7 heteroatoms. The minimum atomic E-state index is -5.05. The van der Waals surface area contributed by atoms with Crippen molar-refractivity contribution < 1.29 is 32.2 Å². The van der Waals surface area contributed by atoms with Gasteiger partial charge in [0.25, 0.3) is 5.41 Å². The van der Waals surface area contributed by atoms with Crippen LogP contribution in [0.15, 0.2) is 0 Å². The summed E-state index contributed by atoms with van der Waals surface area (Å²) in [6.07, 6.45) is -5.05.